The Kier molecular flexibility index (Phi) is 6.87. The molecule has 4 rings (SSSR count). The summed E-state index contributed by atoms with van der Waals surface area (Å²) >= 11 is 0. The van der Waals surface area contributed by atoms with E-state index in [1.165, 1.54) is 38.5 Å². The Balaban J connectivity index is 1.32. The van der Waals surface area contributed by atoms with Gasteiger partial charge in [0, 0.05) is 18.3 Å². The SMILES string of the molecule is CCOC(=O)CCCCC[C@H]1CC[C@@]2(C)[C@H](C1)[C@@H](O)C[C@@H]1[C@@H]2CC[C@]2(C)C(=O)CC[C@@H]12. The first-order valence-corrected chi connectivity index (χ1v) is 13.2. The van der Waals surface area contributed by atoms with Gasteiger partial charge < -0.3 is 9.84 Å². The van der Waals surface area contributed by atoms with Crippen molar-refractivity contribution in [3.8, 4) is 0 Å². The third-order valence-electron chi connectivity index (χ3n) is 10.3. The molecule has 0 aromatic rings. The number of ether oxygens (including phenoxy) is 1. The maximum atomic E-state index is 12.6. The highest BCUT2D eigenvalue weighted by Gasteiger charge is 2.61. The van der Waals surface area contributed by atoms with Gasteiger partial charge in [0.15, 0.2) is 0 Å². The lowest BCUT2D eigenvalue weighted by atomic mass is 9.44. The normalized spacial score (nSPS) is 44.3. The minimum atomic E-state index is -0.198. The van der Waals surface area contributed by atoms with Gasteiger partial charge >= 0.3 is 5.97 Å². The Morgan fingerprint density at radius 2 is 1.84 bits per heavy atom. The lowest BCUT2D eigenvalue weighted by Gasteiger charge is -2.61. The molecule has 4 aliphatic carbocycles. The zero-order valence-electron chi connectivity index (χ0n) is 20.0. The number of unbranched alkanes of at least 4 members (excludes halogenated alkanes) is 2. The average Bonchev–Trinajstić information content (AvgIpc) is 3.04. The Morgan fingerprint density at radius 3 is 2.61 bits per heavy atom. The molecule has 0 heterocycles. The summed E-state index contributed by atoms with van der Waals surface area (Å²) in [7, 11) is 0. The first-order valence-electron chi connectivity index (χ1n) is 13.2. The maximum Gasteiger partial charge on any atom is 0.305 e. The predicted octanol–water partition coefficient (Wildman–Crippen LogP) is 5.70. The lowest BCUT2D eigenvalue weighted by molar-refractivity contribution is -0.165. The van der Waals surface area contributed by atoms with Crippen LogP contribution in [0.15, 0.2) is 0 Å². The molecule has 0 radical (unpaired) electrons. The molecule has 4 heteroatoms. The van der Waals surface area contributed by atoms with Gasteiger partial charge in [-0.3, -0.25) is 9.59 Å². The monoisotopic (exact) mass is 432 g/mol. The van der Waals surface area contributed by atoms with E-state index in [0.29, 0.717) is 48.4 Å². The summed E-state index contributed by atoms with van der Waals surface area (Å²) in [4.78, 5) is 24.1. The number of aliphatic hydroxyl groups excluding tert-OH is 1. The van der Waals surface area contributed by atoms with Gasteiger partial charge in [0.1, 0.15) is 5.78 Å². The summed E-state index contributed by atoms with van der Waals surface area (Å²) in [6.07, 6.45) is 13.5. The van der Waals surface area contributed by atoms with Crippen molar-refractivity contribution < 1.29 is 19.4 Å². The molecule has 4 saturated carbocycles. The predicted molar refractivity (Wildman–Crippen MR) is 121 cm³/mol. The molecule has 4 fully saturated rings. The summed E-state index contributed by atoms with van der Waals surface area (Å²) in [5, 5.41) is 11.3. The molecule has 1 N–H and O–H groups in total. The van der Waals surface area contributed by atoms with E-state index in [1.807, 2.05) is 6.92 Å². The van der Waals surface area contributed by atoms with E-state index in [9.17, 15) is 14.7 Å². The van der Waals surface area contributed by atoms with Crippen LogP contribution in [-0.2, 0) is 14.3 Å². The van der Waals surface area contributed by atoms with E-state index >= 15 is 0 Å². The standard InChI is InChI=1S/C27H44O4/c1-4-31-25(30)9-7-5-6-8-18-12-14-26(2)21-13-15-27(3)20(10-11-24(27)29)19(21)17-23(28)22(26)16-18/h18-23,28H,4-17H2,1-3H3/t18-,19-,20-,21-,22+,23-,26+,27-/m0/s1. The van der Waals surface area contributed by atoms with Crippen molar-refractivity contribution in [2.45, 2.75) is 110 Å². The zero-order chi connectivity index (χ0) is 22.2. The maximum absolute atomic E-state index is 12.6. The van der Waals surface area contributed by atoms with E-state index in [4.69, 9.17) is 4.74 Å². The van der Waals surface area contributed by atoms with Crippen molar-refractivity contribution >= 4 is 11.8 Å². The fourth-order valence-electron chi connectivity index (χ4n) is 8.53. The molecule has 8 atom stereocenters. The highest BCUT2D eigenvalue weighted by Crippen LogP contribution is 2.66. The Labute approximate surface area is 188 Å². The third-order valence-corrected chi connectivity index (χ3v) is 10.3. The molecule has 0 unspecified atom stereocenters. The van der Waals surface area contributed by atoms with Crippen LogP contribution in [0, 0.1) is 40.4 Å². The molecule has 4 nitrogen and oxygen atoms in total. The van der Waals surface area contributed by atoms with Crippen LogP contribution in [0.2, 0.25) is 0 Å². The van der Waals surface area contributed by atoms with Crippen molar-refractivity contribution in [3.63, 3.8) is 0 Å². The lowest BCUT2D eigenvalue weighted by Crippen LogP contribution is -2.57. The van der Waals surface area contributed by atoms with Gasteiger partial charge in [0.05, 0.1) is 12.7 Å². The highest BCUT2D eigenvalue weighted by molar-refractivity contribution is 5.87. The molecule has 0 amide bonds. The number of hydrogen-bond acceptors (Lipinski definition) is 4. The minimum Gasteiger partial charge on any atom is -0.466 e. The van der Waals surface area contributed by atoms with Crippen LogP contribution in [0.5, 0.6) is 0 Å². The van der Waals surface area contributed by atoms with E-state index < -0.39 is 0 Å². The molecule has 31 heavy (non-hydrogen) atoms. The molecule has 0 aliphatic heterocycles. The third kappa shape index (κ3) is 4.23. The molecular formula is C27H44O4. The van der Waals surface area contributed by atoms with Crippen molar-refractivity contribution in [1.82, 2.24) is 0 Å². The van der Waals surface area contributed by atoms with Crippen molar-refractivity contribution in [3.05, 3.63) is 0 Å². The fourth-order valence-corrected chi connectivity index (χ4v) is 8.53. The summed E-state index contributed by atoms with van der Waals surface area (Å²) < 4.78 is 5.02. The van der Waals surface area contributed by atoms with Gasteiger partial charge in [-0.15, -0.1) is 0 Å². The van der Waals surface area contributed by atoms with Crippen LogP contribution >= 0.6 is 0 Å². The van der Waals surface area contributed by atoms with Gasteiger partial charge in [0.2, 0.25) is 0 Å². The summed E-state index contributed by atoms with van der Waals surface area (Å²) in [6, 6.07) is 0. The Hall–Kier alpha value is -0.900. The first-order chi connectivity index (χ1) is 14.8. The largest absolute Gasteiger partial charge is 0.466 e. The number of esters is 1. The number of carbonyl (C=O) groups is 2. The van der Waals surface area contributed by atoms with Crippen LogP contribution in [0.25, 0.3) is 0 Å². The smallest absolute Gasteiger partial charge is 0.305 e. The molecule has 4 aliphatic rings. The molecule has 0 aromatic heterocycles. The topological polar surface area (TPSA) is 63.6 Å². The molecule has 176 valence electrons. The number of Topliss-reactive ketones (excluding diaryl/α,β-unsaturated/α-hetero) is 1. The Bertz CT molecular complexity index is 674. The summed E-state index contributed by atoms with van der Waals surface area (Å²) in [5.74, 6) is 3.30. The first kappa shape index (κ1) is 23.3. The molecule has 0 aromatic carbocycles. The van der Waals surface area contributed by atoms with Crippen molar-refractivity contribution in [1.29, 1.82) is 0 Å². The van der Waals surface area contributed by atoms with Crippen LogP contribution in [0.3, 0.4) is 0 Å². The number of aliphatic hydroxyl groups is 1. The van der Waals surface area contributed by atoms with Crippen molar-refractivity contribution in [2.75, 3.05) is 6.61 Å². The summed E-state index contributed by atoms with van der Waals surface area (Å²) in [5.41, 5.74) is 0.139. The van der Waals surface area contributed by atoms with Crippen LogP contribution in [0.1, 0.15) is 104 Å². The van der Waals surface area contributed by atoms with Crippen molar-refractivity contribution in [2.24, 2.45) is 40.4 Å². The number of rotatable bonds is 7. The highest BCUT2D eigenvalue weighted by atomic mass is 16.5. The van der Waals surface area contributed by atoms with E-state index in [0.717, 1.165) is 38.5 Å². The van der Waals surface area contributed by atoms with E-state index in [1.54, 1.807) is 0 Å². The van der Waals surface area contributed by atoms with Gasteiger partial charge in [-0.25, -0.2) is 0 Å². The van der Waals surface area contributed by atoms with Crippen LogP contribution < -0.4 is 0 Å². The van der Waals surface area contributed by atoms with Gasteiger partial charge in [-0.1, -0.05) is 33.1 Å². The van der Waals surface area contributed by atoms with Crippen LogP contribution in [0.4, 0.5) is 0 Å². The molecule has 0 spiro atoms. The fraction of sp³-hybridized carbons (Fsp3) is 0.926. The summed E-state index contributed by atoms with van der Waals surface area (Å²) in [6.45, 7) is 7.03. The minimum absolute atomic E-state index is 0.0663. The molecule has 0 bridgehead atoms. The van der Waals surface area contributed by atoms with E-state index in [-0.39, 0.29) is 22.9 Å². The second-order valence-corrected chi connectivity index (χ2v) is 11.8. The van der Waals surface area contributed by atoms with Gasteiger partial charge in [0.25, 0.3) is 0 Å². The number of carbonyl (C=O) groups excluding carboxylic acids is 2. The van der Waals surface area contributed by atoms with Gasteiger partial charge in [-0.05, 0) is 93.3 Å². The average molecular weight is 433 g/mol. The van der Waals surface area contributed by atoms with Crippen LogP contribution in [-0.4, -0.2) is 29.6 Å². The second-order valence-electron chi connectivity index (χ2n) is 11.8. The van der Waals surface area contributed by atoms with E-state index in [2.05, 4.69) is 13.8 Å². The quantitative estimate of drug-likeness (QED) is 0.414. The molecule has 0 saturated heterocycles. The second kappa shape index (κ2) is 9.15. The number of fused-ring (bicyclic) bond motifs is 5. The Morgan fingerprint density at radius 1 is 1.03 bits per heavy atom. The number of ketones is 1. The molecular weight excluding hydrogens is 388 g/mol. The van der Waals surface area contributed by atoms with Gasteiger partial charge in [-0.2, -0.15) is 0 Å². The zero-order valence-corrected chi connectivity index (χ0v) is 20.0. The number of hydrogen-bond donors (Lipinski definition) is 1.